The number of aromatic amines is 1. The summed E-state index contributed by atoms with van der Waals surface area (Å²) in [6.07, 6.45) is -9.83. The Morgan fingerprint density at radius 1 is 0.902 bits per heavy atom. The normalized spacial score (nSPS) is 13.4. The second-order valence-corrected chi connectivity index (χ2v) is 8.65. The number of aromatic nitrogens is 4. The smallest absolute Gasteiger partial charge is 0.460 e. The van der Waals surface area contributed by atoms with E-state index < -0.39 is 66.3 Å². The number of nitrogens with zero attached hydrogens (tertiary/aromatic N) is 3. The van der Waals surface area contributed by atoms with E-state index in [1.165, 1.54) is 0 Å². The van der Waals surface area contributed by atoms with Crippen LogP contribution in [-0.2, 0) is 0 Å². The van der Waals surface area contributed by atoms with Crippen LogP contribution in [0.1, 0.15) is 10.4 Å². The van der Waals surface area contributed by atoms with Crippen LogP contribution in [0.3, 0.4) is 0 Å². The molecule has 226 valence electrons. The minimum Gasteiger partial charge on any atom is -0.467 e. The molecule has 0 aliphatic carbocycles. The lowest BCUT2D eigenvalue weighted by Crippen LogP contribution is -2.63. The number of hydrogen-bond acceptors (Lipinski definition) is 6. The van der Waals surface area contributed by atoms with Crippen molar-refractivity contribution in [3.63, 3.8) is 0 Å². The molecule has 0 saturated carbocycles. The number of carbonyl (C=O) groups excluding carboxylic acids is 1. The number of hydrogen-bond donors (Lipinski definition) is 3. The van der Waals surface area contributed by atoms with Crippen LogP contribution in [0.25, 0.3) is 11.2 Å². The summed E-state index contributed by atoms with van der Waals surface area (Å²) in [5.41, 5.74) is -1.93. The van der Waals surface area contributed by atoms with Crippen LogP contribution in [-0.4, -0.2) is 69.1 Å². The van der Waals surface area contributed by atoms with Gasteiger partial charge in [0, 0.05) is 12.4 Å². The first-order valence-corrected chi connectivity index (χ1v) is 11.0. The van der Waals surface area contributed by atoms with Crippen molar-refractivity contribution in [3.05, 3.63) is 34.1 Å². The van der Waals surface area contributed by atoms with Gasteiger partial charge in [-0.1, -0.05) is 23.2 Å². The van der Waals surface area contributed by atoms with Gasteiger partial charge in [-0.05, 0) is 6.07 Å². The molecule has 0 atom stereocenters. The highest BCUT2D eigenvalue weighted by molar-refractivity contribution is 6.39. The molecule has 22 heteroatoms. The van der Waals surface area contributed by atoms with E-state index in [0.29, 0.717) is 6.07 Å². The van der Waals surface area contributed by atoms with Crippen LogP contribution in [0, 0.1) is 0 Å². The maximum atomic E-state index is 13.8. The maximum absolute atomic E-state index is 13.8. The molecule has 0 unspecified atom stereocenters. The summed E-state index contributed by atoms with van der Waals surface area (Å²) in [5.74, 6) is -24.0. The van der Waals surface area contributed by atoms with Crippen molar-refractivity contribution in [2.24, 2.45) is 0 Å². The van der Waals surface area contributed by atoms with Gasteiger partial charge in [-0.25, -0.2) is 4.98 Å². The molecule has 41 heavy (non-hydrogen) atoms. The monoisotopic (exact) mass is 652 g/mol. The van der Waals surface area contributed by atoms with Crippen molar-refractivity contribution in [1.29, 1.82) is 0 Å². The first-order valence-electron chi connectivity index (χ1n) is 10.2. The summed E-state index contributed by atoms with van der Waals surface area (Å²) in [6, 6.07) is 0.571. The Balaban J connectivity index is 1.95. The number of nitrogens with one attached hydrogen (secondary N) is 3. The van der Waals surface area contributed by atoms with E-state index in [1.807, 2.05) is 0 Å². The summed E-state index contributed by atoms with van der Waals surface area (Å²) in [5, 5.41) is 3.46. The van der Waals surface area contributed by atoms with Crippen LogP contribution in [0.15, 0.2) is 18.5 Å². The number of H-pyrrole nitrogens is 1. The average molecular weight is 653 g/mol. The lowest BCUT2D eigenvalue weighted by Gasteiger charge is -2.33. The number of anilines is 2. The van der Waals surface area contributed by atoms with E-state index >= 15 is 0 Å². The minimum absolute atomic E-state index is 0.0210. The van der Waals surface area contributed by atoms with E-state index in [2.05, 4.69) is 30.0 Å². The molecule has 0 aromatic carbocycles. The lowest BCUT2D eigenvalue weighted by atomic mass is 10.0. The fourth-order valence-corrected chi connectivity index (χ4v) is 3.32. The number of imidazole rings is 1. The summed E-state index contributed by atoms with van der Waals surface area (Å²) in [4.78, 5) is 26.0. The third kappa shape index (κ3) is 6.57. The van der Waals surface area contributed by atoms with E-state index in [1.54, 1.807) is 0 Å². The summed E-state index contributed by atoms with van der Waals surface area (Å²) < 4.78 is 160. The Kier molecular flexibility index (Phi) is 8.43. The van der Waals surface area contributed by atoms with E-state index in [4.69, 9.17) is 23.2 Å². The molecule has 0 aliphatic rings. The predicted octanol–water partition coefficient (Wildman–Crippen LogP) is 6.54. The number of carbonyl (C=O) groups is 1. The highest BCUT2D eigenvalue weighted by Gasteiger charge is 2.81. The molecule has 8 nitrogen and oxygen atoms in total. The van der Waals surface area contributed by atoms with E-state index in [0.717, 1.165) is 17.7 Å². The number of fused-ring (bicyclic) bond motifs is 1. The number of rotatable bonds is 9. The first kappa shape index (κ1) is 32.1. The summed E-state index contributed by atoms with van der Waals surface area (Å²) in [7, 11) is 0. The van der Waals surface area contributed by atoms with Crippen molar-refractivity contribution < 1.29 is 62.2 Å². The molecular weight excluding hydrogens is 643 g/mol. The molecule has 0 fully saturated rings. The third-order valence-corrected chi connectivity index (χ3v) is 5.40. The Labute approximate surface area is 228 Å². The van der Waals surface area contributed by atoms with Crippen LogP contribution in [0.5, 0.6) is 5.88 Å². The summed E-state index contributed by atoms with van der Waals surface area (Å²) >= 11 is 11.9. The number of ether oxygens (including phenoxy) is 1. The molecule has 3 aromatic heterocycles. The van der Waals surface area contributed by atoms with Crippen molar-refractivity contribution >= 4 is 51.9 Å². The first-order chi connectivity index (χ1) is 18.6. The number of amides is 1. The average Bonchev–Trinajstić information content (AvgIpc) is 3.23. The molecule has 0 spiro atoms. The second kappa shape index (κ2) is 10.8. The quantitative estimate of drug-likeness (QED) is 0.227. The highest BCUT2D eigenvalue weighted by Crippen LogP contribution is 2.52. The molecular formula is C19H10Cl2F12N6O2. The molecule has 1 amide bonds. The van der Waals surface area contributed by atoms with E-state index in [-0.39, 0.29) is 27.2 Å². The fourth-order valence-electron chi connectivity index (χ4n) is 2.86. The van der Waals surface area contributed by atoms with Gasteiger partial charge < -0.3 is 20.4 Å². The van der Waals surface area contributed by atoms with Crippen LogP contribution < -0.4 is 15.4 Å². The molecule has 3 rings (SSSR count). The van der Waals surface area contributed by atoms with Crippen molar-refractivity contribution in [2.45, 2.75) is 30.1 Å². The maximum Gasteiger partial charge on any atom is 0.460 e. The number of halogens is 14. The van der Waals surface area contributed by atoms with Gasteiger partial charge >= 0.3 is 30.1 Å². The van der Waals surface area contributed by atoms with Crippen molar-refractivity contribution in [2.75, 3.05) is 18.5 Å². The molecule has 0 radical (unpaired) electrons. The highest BCUT2D eigenvalue weighted by atomic mass is 35.5. The molecule has 0 saturated heterocycles. The standard InChI is InChI=1S/C19H10Cl2F12N6O2/c20-7-2-34-3-8(21)10(7)37-14-36-9-1-6(13(38-11(9)39-14)41-5-16(24,25)26)12(40)35-4-15(22,23)17(27,28)18(29,30)19(31,32)33/h1-3H,4-5H2,(H,35,40)(H2,34,36,37,38,39). The van der Waals surface area contributed by atoms with Gasteiger partial charge in [0.2, 0.25) is 11.8 Å². The van der Waals surface area contributed by atoms with Crippen molar-refractivity contribution in [3.8, 4) is 5.88 Å². The van der Waals surface area contributed by atoms with Gasteiger partial charge in [0.05, 0.1) is 22.3 Å². The molecule has 0 aliphatic heterocycles. The van der Waals surface area contributed by atoms with Crippen LogP contribution in [0.2, 0.25) is 10.0 Å². The lowest BCUT2D eigenvalue weighted by molar-refractivity contribution is -0.394. The minimum atomic E-state index is -7.23. The van der Waals surface area contributed by atoms with Gasteiger partial charge in [0.25, 0.3) is 5.91 Å². The van der Waals surface area contributed by atoms with E-state index in [9.17, 15) is 57.5 Å². The van der Waals surface area contributed by atoms with Crippen LogP contribution in [0.4, 0.5) is 64.3 Å². The fraction of sp³-hybridized carbons (Fsp3) is 0.368. The zero-order chi connectivity index (χ0) is 31.2. The zero-order valence-corrected chi connectivity index (χ0v) is 20.6. The third-order valence-electron chi connectivity index (χ3n) is 4.83. The Hall–Kier alpha value is -3.42. The van der Waals surface area contributed by atoms with Gasteiger partial charge in [0.15, 0.2) is 12.3 Å². The Morgan fingerprint density at radius 3 is 2.02 bits per heavy atom. The van der Waals surface area contributed by atoms with Gasteiger partial charge in [0.1, 0.15) is 11.1 Å². The summed E-state index contributed by atoms with van der Waals surface area (Å²) in [6.45, 7) is -4.92. The van der Waals surface area contributed by atoms with Crippen molar-refractivity contribution in [1.82, 2.24) is 25.3 Å². The SMILES string of the molecule is O=C(NCC(F)(F)C(F)(F)C(F)(F)C(F)(F)F)c1cc2nc(Nc3c(Cl)cncc3Cl)[nH]c2nc1OCC(F)(F)F. The Bertz CT molecular complexity index is 1420. The molecule has 3 heterocycles. The Morgan fingerprint density at radius 2 is 1.49 bits per heavy atom. The van der Waals surface area contributed by atoms with Gasteiger partial charge in [-0.15, -0.1) is 0 Å². The molecule has 3 aromatic rings. The number of alkyl halides is 12. The molecule has 0 bridgehead atoms. The zero-order valence-electron chi connectivity index (χ0n) is 19.1. The number of pyridine rings is 2. The topological polar surface area (TPSA) is 105 Å². The van der Waals surface area contributed by atoms with Gasteiger partial charge in [-0.3, -0.25) is 9.78 Å². The second-order valence-electron chi connectivity index (χ2n) is 7.83. The molecule has 3 N–H and O–H groups in total. The largest absolute Gasteiger partial charge is 0.467 e. The van der Waals surface area contributed by atoms with Gasteiger partial charge in [-0.2, -0.15) is 57.7 Å². The predicted molar refractivity (Wildman–Crippen MR) is 116 cm³/mol. The van der Waals surface area contributed by atoms with Crippen LogP contribution >= 0.6 is 23.2 Å².